The molecule has 3 saturated heterocycles. The summed E-state index contributed by atoms with van der Waals surface area (Å²) in [5.41, 5.74) is 0. The fourth-order valence-electron chi connectivity index (χ4n) is 2.63. The van der Waals surface area contributed by atoms with Gasteiger partial charge in [-0.2, -0.15) is 0 Å². The maximum Gasteiger partial charge on any atom is 0.541 e. The standard InChI is InChI=1S/C14H25NO5Si/c1-4-14(16)17-11-21-18-7-5-15(6-8-19-21)10-13(20-21)9-12(2)3/h4,12-13H,1,5-11H2,2-3H3. The van der Waals surface area contributed by atoms with Gasteiger partial charge >= 0.3 is 14.8 Å². The Labute approximate surface area is 127 Å². The molecule has 0 amide bonds. The van der Waals surface area contributed by atoms with Gasteiger partial charge in [-0.05, 0) is 12.3 Å². The minimum Gasteiger partial charge on any atom is -0.458 e. The van der Waals surface area contributed by atoms with Crippen molar-refractivity contribution in [1.29, 1.82) is 0 Å². The summed E-state index contributed by atoms with van der Waals surface area (Å²) in [5, 5.41) is 0. The van der Waals surface area contributed by atoms with Crippen LogP contribution in [-0.4, -0.2) is 64.9 Å². The summed E-state index contributed by atoms with van der Waals surface area (Å²) in [7, 11) is -2.95. The fraction of sp³-hybridized carbons (Fsp3) is 0.786. The number of carbonyl (C=O) groups excluding carboxylic acids is 1. The molecule has 2 bridgehead atoms. The van der Waals surface area contributed by atoms with Gasteiger partial charge in [0.2, 0.25) is 0 Å². The number of fused-ring (bicyclic) bond motifs is 6. The predicted molar refractivity (Wildman–Crippen MR) is 79.6 cm³/mol. The summed E-state index contributed by atoms with van der Waals surface area (Å²) in [6.07, 6.45) is 2.20. The molecule has 0 aromatic carbocycles. The molecule has 21 heavy (non-hydrogen) atoms. The first kappa shape index (κ1) is 16.6. The second kappa shape index (κ2) is 7.51. The van der Waals surface area contributed by atoms with Crippen LogP contribution in [0.1, 0.15) is 20.3 Å². The SMILES string of the molecule is C=CC(=O)OC[Si]12OCCN(CCO1)CC(CC(C)C)O2. The summed E-state index contributed by atoms with van der Waals surface area (Å²) < 4.78 is 23.1. The van der Waals surface area contributed by atoms with Crippen molar-refractivity contribution in [1.82, 2.24) is 4.90 Å². The average molecular weight is 315 g/mol. The number of hydrogen-bond acceptors (Lipinski definition) is 6. The van der Waals surface area contributed by atoms with E-state index in [9.17, 15) is 4.79 Å². The maximum absolute atomic E-state index is 11.3. The molecule has 0 spiro atoms. The molecule has 7 heteroatoms. The lowest BCUT2D eigenvalue weighted by atomic mass is 10.1. The van der Waals surface area contributed by atoms with Crippen LogP contribution >= 0.6 is 0 Å². The first-order chi connectivity index (χ1) is 10.0. The Hall–Kier alpha value is -0.733. The third-order valence-electron chi connectivity index (χ3n) is 3.56. The van der Waals surface area contributed by atoms with Crippen LogP contribution in [0, 0.1) is 5.92 Å². The third-order valence-corrected chi connectivity index (χ3v) is 6.04. The van der Waals surface area contributed by atoms with Crippen molar-refractivity contribution in [3.8, 4) is 0 Å². The quantitative estimate of drug-likeness (QED) is 0.428. The summed E-state index contributed by atoms with van der Waals surface area (Å²) in [6, 6.07) is 0. The van der Waals surface area contributed by atoms with Gasteiger partial charge in [0.15, 0.2) is 6.23 Å². The number of ether oxygens (including phenoxy) is 1. The van der Waals surface area contributed by atoms with Crippen LogP contribution in [0.25, 0.3) is 0 Å². The van der Waals surface area contributed by atoms with E-state index in [0.29, 0.717) is 19.1 Å². The Morgan fingerprint density at radius 1 is 1.43 bits per heavy atom. The molecule has 0 saturated carbocycles. The van der Waals surface area contributed by atoms with Gasteiger partial charge in [0, 0.05) is 25.7 Å². The van der Waals surface area contributed by atoms with E-state index >= 15 is 0 Å². The van der Waals surface area contributed by atoms with Gasteiger partial charge in [0.1, 0.15) is 0 Å². The zero-order valence-corrected chi connectivity index (χ0v) is 13.9. The molecule has 1 atom stereocenters. The molecule has 0 aliphatic carbocycles. The van der Waals surface area contributed by atoms with Gasteiger partial charge < -0.3 is 18.0 Å². The highest BCUT2D eigenvalue weighted by Gasteiger charge is 2.48. The largest absolute Gasteiger partial charge is 0.541 e. The van der Waals surface area contributed by atoms with Crippen LogP contribution in [0.3, 0.4) is 0 Å². The summed E-state index contributed by atoms with van der Waals surface area (Å²) in [6.45, 7) is 11.4. The molecule has 3 fully saturated rings. The topological polar surface area (TPSA) is 57.2 Å². The average Bonchev–Trinajstić information content (AvgIpc) is 2.37. The Bertz CT molecular complexity index is 366. The molecular weight excluding hydrogens is 290 g/mol. The summed E-state index contributed by atoms with van der Waals surface area (Å²) in [5.74, 6) is 0.0527. The number of esters is 1. The number of rotatable bonds is 5. The predicted octanol–water partition coefficient (Wildman–Crippen LogP) is 0.987. The minimum absolute atomic E-state index is 0.0553. The van der Waals surface area contributed by atoms with Crippen molar-refractivity contribution in [2.75, 3.05) is 39.1 Å². The van der Waals surface area contributed by atoms with Crippen LogP contribution in [0.15, 0.2) is 12.7 Å². The Morgan fingerprint density at radius 2 is 2.10 bits per heavy atom. The van der Waals surface area contributed by atoms with Crippen LogP contribution in [0.5, 0.6) is 0 Å². The van der Waals surface area contributed by atoms with E-state index in [2.05, 4.69) is 25.3 Å². The third kappa shape index (κ3) is 4.89. The molecule has 0 aromatic rings. The van der Waals surface area contributed by atoms with E-state index in [1.807, 2.05) is 0 Å². The highest BCUT2D eigenvalue weighted by Crippen LogP contribution is 2.23. The van der Waals surface area contributed by atoms with Gasteiger partial charge in [0.05, 0.1) is 19.3 Å². The number of nitrogens with zero attached hydrogens (tertiary/aromatic N) is 1. The fourth-order valence-corrected chi connectivity index (χ4v) is 4.88. The van der Waals surface area contributed by atoms with Crippen molar-refractivity contribution in [2.24, 2.45) is 5.92 Å². The first-order valence-corrected chi connectivity index (χ1v) is 9.43. The van der Waals surface area contributed by atoms with Crippen molar-refractivity contribution in [3.05, 3.63) is 12.7 Å². The molecule has 0 radical (unpaired) electrons. The lowest BCUT2D eigenvalue weighted by Crippen LogP contribution is -2.60. The molecule has 6 nitrogen and oxygen atoms in total. The van der Waals surface area contributed by atoms with E-state index in [1.165, 1.54) is 0 Å². The Morgan fingerprint density at radius 3 is 2.67 bits per heavy atom. The lowest BCUT2D eigenvalue weighted by Gasteiger charge is -2.41. The van der Waals surface area contributed by atoms with E-state index in [1.54, 1.807) is 0 Å². The summed E-state index contributed by atoms with van der Waals surface area (Å²) >= 11 is 0. The van der Waals surface area contributed by atoms with Crippen molar-refractivity contribution in [3.63, 3.8) is 0 Å². The monoisotopic (exact) mass is 315 g/mol. The Kier molecular flexibility index (Phi) is 5.95. The minimum atomic E-state index is -2.95. The molecule has 3 aliphatic rings. The molecule has 0 N–H and O–H groups in total. The molecular formula is C14H25NO5Si. The van der Waals surface area contributed by atoms with Crippen LogP contribution in [-0.2, 0) is 22.8 Å². The number of carbonyl (C=O) groups is 1. The molecule has 0 aromatic heterocycles. The van der Waals surface area contributed by atoms with Gasteiger partial charge in [-0.3, -0.25) is 4.90 Å². The normalized spacial score (nSPS) is 33.1. The molecule has 1 unspecified atom stereocenters. The van der Waals surface area contributed by atoms with Crippen LogP contribution < -0.4 is 0 Å². The lowest BCUT2D eigenvalue weighted by molar-refractivity contribution is -0.139. The smallest absolute Gasteiger partial charge is 0.458 e. The second-order valence-electron chi connectivity index (χ2n) is 5.86. The summed E-state index contributed by atoms with van der Waals surface area (Å²) in [4.78, 5) is 13.6. The maximum atomic E-state index is 11.3. The van der Waals surface area contributed by atoms with Gasteiger partial charge in [-0.15, -0.1) is 0 Å². The zero-order valence-electron chi connectivity index (χ0n) is 12.9. The molecule has 120 valence electrons. The van der Waals surface area contributed by atoms with Gasteiger partial charge in [0.25, 0.3) is 0 Å². The van der Waals surface area contributed by atoms with E-state index < -0.39 is 14.8 Å². The Balaban J connectivity index is 2.09. The van der Waals surface area contributed by atoms with Gasteiger partial charge in [-0.25, -0.2) is 4.79 Å². The molecule has 3 heterocycles. The molecule has 3 rings (SSSR count). The second-order valence-corrected chi connectivity index (χ2v) is 8.33. The molecule has 3 aliphatic heterocycles. The van der Waals surface area contributed by atoms with Gasteiger partial charge in [-0.1, -0.05) is 20.4 Å². The first-order valence-electron chi connectivity index (χ1n) is 7.50. The zero-order chi connectivity index (χ0) is 15.3. The van der Waals surface area contributed by atoms with Crippen LogP contribution in [0.4, 0.5) is 0 Å². The van der Waals surface area contributed by atoms with E-state index in [4.69, 9.17) is 18.0 Å². The van der Waals surface area contributed by atoms with Crippen molar-refractivity contribution in [2.45, 2.75) is 26.4 Å². The van der Waals surface area contributed by atoms with Crippen molar-refractivity contribution < 1.29 is 22.8 Å². The highest BCUT2D eigenvalue weighted by molar-refractivity contribution is 6.60. The highest BCUT2D eigenvalue weighted by atomic mass is 28.4. The van der Waals surface area contributed by atoms with Crippen molar-refractivity contribution >= 4 is 14.8 Å². The van der Waals surface area contributed by atoms with E-state index in [-0.39, 0.29) is 12.3 Å². The number of hydrogen-bond donors (Lipinski definition) is 0. The van der Waals surface area contributed by atoms with Crippen LogP contribution in [0.2, 0.25) is 0 Å². The van der Waals surface area contributed by atoms with E-state index in [0.717, 1.165) is 32.1 Å².